The average molecular weight is 517 g/mol. The van der Waals surface area contributed by atoms with E-state index in [1.54, 1.807) is 45.4 Å². The third-order valence-corrected chi connectivity index (χ3v) is 4.96. The predicted octanol–water partition coefficient (Wildman–Crippen LogP) is 6.81. The SMILES string of the molecule is CC.COc1ncc(-c2cnc3c(c2)c(C)cn3C(=O)OC(C)(C)C)cc1N(S)C(=O)OC(C)(C)C. The summed E-state index contributed by atoms with van der Waals surface area (Å²) >= 11 is 4.31. The number of amides is 1. The van der Waals surface area contributed by atoms with Gasteiger partial charge in [-0.05, 0) is 66.2 Å². The number of anilines is 1. The quantitative estimate of drug-likeness (QED) is 0.382. The van der Waals surface area contributed by atoms with Crippen molar-refractivity contribution in [3.8, 4) is 17.0 Å². The Bertz CT molecular complexity index is 1240. The van der Waals surface area contributed by atoms with Crippen LogP contribution in [0, 0.1) is 6.92 Å². The largest absolute Gasteiger partial charge is 0.479 e. The van der Waals surface area contributed by atoms with Crippen LogP contribution >= 0.6 is 12.8 Å². The fourth-order valence-corrected chi connectivity index (χ4v) is 3.37. The highest BCUT2D eigenvalue weighted by molar-refractivity contribution is 7.82. The smallest absolute Gasteiger partial charge is 0.425 e. The summed E-state index contributed by atoms with van der Waals surface area (Å²) in [7, 11) is 1.46. The van der Waals surface area contributed by atoms with Crippen LogP contribution in [-0.2, 0) is 9.47 Å². The number of aromatic nitrogens is 3. The summed E-state index contributed by atoms with van der Waals surface area (Å²) in [6, 6.07) is 3.62. The van der Waals surface area contributed by atoms with E-state index in [4.69, 9.17) is 14.2 Å². The van der Waals surface area contributed by atoms with E-state index < -0.39 is 23.4 Å². The zero-order chi connectivity index (χ0) is 27.4. The number of ether oxygens (including phenoxy) is 3. The number of carbonyl (C=O) groups is 2. The summed E-state index contributed by atoms with van der Waals surface area (Å²) in [5.41, 5.74) is 1.77. The predicted molar refractivity (Wildman–Crippen MR) is 145 cm³/mol. The number of pyridine rings is 2. The Kier molecular flexibility index (Phi) is 9.01. The molecule has 10 heteroatoms. The van der Waals surface area contributed by atoms with Gasteiger partial charge in [0.1, 0.15) is 22.5 Å². The molecule has 3 heterocycles. The zero-order valence-corrected chi connectivity index (χ0v) is 23.6. The third-order valence-electron chi connectivity index (χ3n) is 4.59. The highest BCUT2D eigenvalue weighted by Crippen LogP contribution is 2.34. The van der Waals surface area contributed by atoms with Crippen LogP contribution in [0.15, 0.2) is 30.7 Å². The second kappa shape index (κ2) is 11.2. The van der Waals surface area contributed by atoms with Crippen LogP contribution in [0.5, 0.6) is 5.88 Å². The first-order valence-electron chi connectivity index (χ1n) is 11.7. The van der Waals surface area contributed by atoms with Gasteiger partial charge in [0, 0.05) is 35.1 Å². The van der Waals surface area contributed by atoms with Crippen molar-refractivity contribution < 1.29 is 23.8 Å². The van der Waals surface area contributed by atoms with Gasteiger partial charge in [-0.15, -0.1) is 0 Å². The summed E-state index contributed by atoms with van der Waals surface area (Å²) in [6.45, 7) is 16.6. The first-order valence-corrected chi connectivity index (χ1v) is 12.1. The highest BCUT2D eigenvalue weighted by atomic mass is 32.1. The molecule has 196 valence electrons. The lowest BCUT2D eigenvalue weighted by molar-refractivity contribution is 0.0541. The lowest BCUT2D eigenvalue weighted by Gasteiger charge is -2.24. The number of aryl methyl sites for hydroxylation is 1. The number of carbonyl (C=O) groups excluding carboxylic acids is 2. The van der Waals surface area contributed by atoms with Crippen molar-refractivity contribution in [2.24, 2.45) is 0 Å². The molecule has 9 nitrogen and oxygen atoms in total. The Morgan fingerprint density at radius 2 is 1.50 bits per heavy atom. The Morgan fingerprint density at radius 3 is 2.06 bits per heavy atom. The summed E-state index contributed by atoms with van der Waals surface area (Å²) in [5, 5.41) is 0.788. The molecule has 36 heavy (non-hydrogen) atoms. The molecule has 0 radical (unpaired) electrons. The van der Waals surface area contributed by atoms with Gasteiger partial charge < -0.3 is 14.2 Å². The standard InChI is InChI=1S/C24H30N4O5S.C2H6/c1-14-13-27(21(29)32-23(2,3)4)19-17(14)9-15(11-25-19)16-10-18(20(31-8)26-12-16)28(34)22(30)33-24(5,6)7;1-2/h9-13,34H,1-8H3;1-2H3. The first kappa shape index (κ1) is 29.0. The molecule has 0 saturated heterocycles. The molecule has 3 aromatic heterocycles. The highest BCUT2D eigenvalue weighted by Gasteiger charge is 2.25. The molecular weight excluding hydrogens is 480 g/mol. The lowest BCUT2D eigenvalue weighted by Crippen LogP contribution is -2.31. The van der Waals surface area contributed by atoms with E-state index >= 15 is 0 Å². The minimum Gasteiger partial charge on any atom is -0.479 e. The first-order chi connectivity index (χ1) is 16.7. The number of fused-ring (bicyclic) bond motifs is 1. The summed E-state index contributed by atoms with van der Waals surface area (Å²) in [6.07, 6.45) is 3.79. The molecule has 0 aliphatic carbocycles. The van der Waals surface area contributed by atoms with E-state index in [1.165, 1.54) is 11.7 Å². The van der Waals surface area contributed by atoms with Crippen molar-refractivity contribution in [3.05, 3.63) is 36.3 Å². The minimum absolute atomic E-state index is 0.214. The number of hydrogen-bond donors (Lipinski definition) is 1. The monoisotopic (exact) mass is 516 g/mol. The van der Waals surface area contributed by atoms with Gasteiger partial charge >= 0.3 is 12.2 Å². The summed E-state index contributed by atoms with van der Waals surface area (Å²) in [4.78, 5) is 34.0. The molecule has 1 amide bonds. The van der Waals surface area contributed by atoms with Crippen LogP contribution in [0.2, 0.25) is 0 Å². The molecule has 0 N–H and O–H groups in total. The van der Waals surface area contributed by atoms with E-state index in [2.05, 4.69) is 22.8 Å². The van der Waals surface area contributed by atoms with Gasteiger partial charge in [-0.1, -0.05) is 26.7 Å². The van der Waals surface area contributed by atoms with Crippen molar-refractivity contribution in [1.82, 2.24) is 14.5 Å². The van der Waals surface area contributed by atoms with Crippen molar-refractivity contribution >= 4 is 41.7 Å². The van der Waals surface area contributed by atoms with Crippen molar-refractivity contribution in [2.45, 2.75) is 73.5 Å². The van der Waals surface area contributed by atoms with Gasteiger partial charge in [-0.25, -0.2) is 28.4 Å². The zero-order valence-electron chi connectivity index (χ0n) is 22.7. The molecule has 0 aromatic carbocycles. The number of rotatable bonds is 3. The Hall–Kier alpha value is -3.27. The molecule has 0 aliphatic rings. The van der Waals surface area contributed by atoms with Gasteiger partial charge in [0.05, 0.1) is 7.11 Å². The van der Waals surface area contributed by atoms with Gasteiger partial charge in [-0.3, -0.25) is 0 Å². The third kappa shape index (κ3) is 6.90. The van der Waals surface area contributed by atoms with E-state index in [0.717, 1.165) is 20.8 Å². The maximum Gasteiger partial charge on any atom is 0.425 e. The van der Waals surface area contributed by atoms with Gasteiger partial charge in [0.2, 0.25) is 5.88 Å². The maximum absolute atomic E-state index is 12.6. The van der Waals surface area contributed by atoms with Crippen LogP contribution in [0.4, 0.5) is 15.3 Å². The number of hydrogen-bond acceptors (Lipinski definition) is 8. The average Bonchev–Trinajstić information content (AvgIpc) is 3.13. The molecule has 0 saturated carbocycles. The van der Waals surface area contributed by atoms with Gasteiger partial charge in [0.25, 0.3) is 0 Å². The van der Waals surface area contributed by atoms with Crippen molar-refractivity contribution in [2.75, 3.05) is 11.4 Å². The van der Waals surface area contributed by atoms with E-state index in [0.29, 0.717) is 16.9 Å². The summed E-state index contributed by atoms with van der Waals surface area (Å²) in [5.74, 6) is 0.214. The second-order valence-electron chi connectivity index (χ2n) is 9.80. The van der Waals surface area contributed by atoms with Crippen LogP contribution in [0.25, 0.3) is 22.2 Å². The topological polar surface area (TPSA) is 95.8 Å². The van der Waals surface area contributed by atoms with Crippen LogP contribution < -0.4 is 9.04 Å². The number of nitrogens with zero attached hydrogens (tertiary/aromatic N) is 4. The lowest BCUT2D eigenvalue weighted by atomic mass is 10.1. The van der Waals surface area contributed by atoms with E-state index in [-0.39, 0.29) is 5.88 Å². The maximum atomic E-state index is 12.6. The number of thiol groups is 1. The molecule has 0 atom stereocenters. The molecule has 3 rings (SSSR count). The molecular formula is C26H36N4O5S. The molecule has 0 unspecified atom stereocenters. The van der Waals surface area contributed by atoms with E-state index in [1.807, 2.05) is 47.6 Å². The van der Waals surface area contributed by atoms with Crippen LogP contribution in [-0.4, -0.2) is 45.0 Å². The van der Waals surface area contributed by atoms with Gasteiger partial charge in [0.15, 0.2) is 0 Å². The molecule has 0 bridgehead atoms. The van der Waals surface area contributed by atoms with Crippen molar-refractivity contribution in [3.63, 3.8) is 0 Å². The van der Waals surface area contributed by atoms with Crippen LogP contribution in [0.3, 0.4) is 0 Å². The second-order valence-corrected chi connectivity index (χ2v) is 10.2. The van der Waals surface area contributed by atoms with Crippen LogP contribution in [0.1, 0.15) is 61.0 Å². The minimum atomic E-state index is -0.690. The summed E-state index contributed by atoms with van der Waals surface area (Å²) < 4.78 is 18.7. The Labute approximate surface area is 218 Å². The molecule has 3 aromatic rings. The fraction of sp³-hybridized carbons (Fsp3) is 0.462. The van der Waals surface area contributed by atoms with E-state index in [9.17, 15) is 9.59 Å². The normalized spacial score (nSPS) is 11.4. The molecule has 0 fully saturated rings. The van der Waals surface area contributed by atoms with Gasteiger partial charge in [-0.2, -0.15) is 0 Å². The molecule has 0 spiro atoms. The van der Waals surface area contributed by atoms with Crippen molar-refractivity contribution in [1.29, 1.82) is 0 Å². The Balaban J connectivity index is 0.00000222. The Morgan fingerprint density at radius 1 is 0.944 bits per heavy atom. The fourth-order valence-electron chi connectivity index (χ4n) is 3.18. The molecule has 0 aliphatic heterocycles. The number of methoxy groups -OCH3 is 1.